The molecule has 13 heteroatoms. The van der Waals surface area contributed by atoms with Crippen molar-refractivity contribution in [2.24, 2.45) is 0 Å². The number of carbonyl (C=O) groups is 1. The Morgan fingerprint density at radius 3 is 2.70 bits per heavy atom. The van der Waals surface area contributed by atoms with Gasteiger partial charge in [0.25, 0.3) is 0 Å². The molecule has 204 valence electrons. The third-order valence-corrected chi connectivity index (χ3v) is 7.73. The fourth-order valence-corrected chi connectivity index (χ4v) is 5.88. The average molecular weight is 563 g/mol. The van der Waals surface area contributed by atoms with Crippen molar-refractivity contribution in [1.82, 2.24) is 24.9 Å². The molecule has 1 aliphatic rings. The first-order valence-corrected chi connectivity index (χ1v) is 13.2. The number of benzene rings is 2. The third-order valence-electron chi connectivity index (χ3n) is 6.56. The Bertz CT molecular complexity index is 1760. The third kappa shape index (κ3) is 4.62. The Balaban J connectivity index is 1.33. The molecule has 0 bridgehead atoms. The van der Waals surface area contributed by atoms with Gasteiger partial charge < -0.3 is 19.7 Å². The maximum absolute atomic E-state index is 15.2. The molecule has 0 saturated heterocycles. The molecule has 0 spiro atoms. The summed E-state index contributed by atoms with van der Waals surface area (Å²) in [7, 11) is 1.53. The highest BCUT2D eigenvalue weighted by Crippen LogP contribution is 2.43. The molecule has 2 aromatic carbocycles. The van der Waals surface area contributed by atoms with Crippen LogP contribution in [0.3, 0.4) is 0 Å². The number of hydrogen-bond acceptors (Lipinski definition) is 10. The van der Waals surface area contributed by atoms with Gasteiger partial charge in [-0.3, -0.25) is 4.90 Å². The Kier molecular flexibility index (Phi) is 6.60. The topological polar surface area (TPSA) is 144 Å². The van der Waals surface area contributed by atoms with Crippen molar-refractivity contribution in [3.8, 4) is 22.2 Å². The van der Waals surface area contributed by atoms with E-state index < -0.39 is 18.0 Å². The first kappa shape index (κ1) is 25.8. The smallest absolute Gasteiger partial charge is 0.412 e. The second-order valence-electron chi connectivity index (χ2n) is 9.29. The van der Waals surface area contributed by atoms with Crippen LogP contribution in [0.5, 0.6) is 11.6 Å². The zero-order valence-electron chi connectivity index (χ0n) is 21.5. The number of amides is 1. The van der Waals surface area contributed by atoms with Gasteiger partial charge in [0.05, 0.1) is 65.8 Å². The van der Waals surface area contributed by atoms with Crippen LogP contribution in [0, 0.1) is 12.7 Å². The van der Waals surface area contributed by atoms with Gasteiger partial charge in [-0.2, -0.15) is 0 Å². The monoisotopic (exact) mass is 562 g/mol. The number of anilines is 1. The highest BCUT2D eigenvalue weighted by molar-refractivity contribution is 7.22. The van der Waals surface area contributed by atoms with Crippen molar-refractivity contribution in [3.63, 3.8) is 0 Å². The molecular formula is C27H23FN6O5S. The minimum Gasteiger partial charge on any atom is -0.485 e. The minimum atomic E-state index is -1.21. The van der Waals surface area contributed by atoms with Crippen LogP contribution in [0.4, 0.5) is 14.9 Å². The lowest BCUT2D eigenvalue weighted by Gasteiger charge is -2.22. The fourth-order valence-electron chi connectivity index (χ4n) is 4.77. The van der Waals surface area contributed by atoms with E-state index in [9.17, 15) is 9.90 Å². The van der Waals surface area contributed by atoms with Crippen LogP contribution in [0.25, 0.3) is 31.8 Å². The number of aromatic nitrogens is 5. The molecule has 11 nitrogen and oxygen atoms in total. The number of rotatable bonds is 7. The quantitative estimate of drug-likeness (QED) is 0.296. The number of aliphatic hydroxyl groups is 1. The van der Waals surface area contributed by atoms with Crippen LogP contribution < -0.4 is 14.4 Å². The molecule has 40 heavy (non-hydrogen) atoms. The molecule has 1 unspecified atom stereocenters. The van der Waals surface area contributed by atoms with Crippen molar-refractivity contribution in [3.05, 3.63) is 59.6 Å². The maximum atomic E-state index is 15.2. The molecular weight excluding hydrogens is 539 g/mol. The van der Waals surface area contributed by atoms with Crippen molar-refractivity contribution in [2.45, 2.75) is 25.9 Å². The van der Waals surface area contributed by atoms with Crippen LogP contribution in [0.15, 0.2) is 36.8 Å². The highest BCUT2D eigenvalue weighted by Gasteiger charge is 2.33. The van der Waals surface area contributed by atoms with Gasteiger partial charge in [0.15, 0.2) is 11.6 Å². The number of nitrogens with zero attached hydrogens (tertiary/aromatic N) is 6. The molecule has 1 amide bonds. The van der Waals surface area contributed by atoms with E-state index in [0.717, 1.165) is 20.7 Å². The number of fused-ring (bicyclic) bond motifs is 4. The molecule has 3 aromatic heterocycles. The van der Waals surface area contributed by atoms with Gasteiger partial charge in [-0.25, -0.2) is 34.1 Å². The maximum Gasteiger partial charge on any atom is 0.412 e. The Labute approximate surface area is 230 Å². The molecule has 1 aliphatic heterocycles. The van der Waals surface area contributed by atoms with Crippen LogP contribution in [-0.2, 0) is 12.8 Å². The average Bonchev–Trinajstić information content (AvgIpc) is 3.56. The van der Waals surface area contributed by atoms with Crippen LogP contribution in [0.1, 0.15) is 17.0 Å². The molecule has 4 heterocycles. The number of ether oxygens (including phenoxy) is 2. The summed E-state index contributed by atoms with van der Waals surface area (Å²) in [5, 5.41) is 19.6. The van der Waals surface area contributed by atoms with Crippen molar-refractivity contribution < 1.29 is 28.9 Å². The summed E-state index contributed by atoms with van der Waals surface area (Å²) in [6, 6.07) is 5.22. The van der Waals surface area contributed by atoms with Crippen LogP contribution in [0.2, 0.25) is 0 Å². The number of methoxy groups -OCH3 is 1. The van der Waals surface area contributed by atoms with Gasteiger partial charge in [-0.15, -0.1) is 11.3 Å². The standard InChI is InChI=1S/C27H23FN6O5S/c1-13-5-16(23-19(6-13)32-22(38-2)11-31-23)26-33-20-8-18(28)24-17(25(20)40-26)7-15(39-24)12-34(27(36)37)14-9-29-21(3-4-35)30-10-14/h5-6,8-11,15,35H,3-4,7,12H2,1-2H3,(H,36,37). The van der Waals surface area contributed by atoms with Gasteiger partial charge >= 0.3 is 6.09 Å². The predicted molar refractivity (Wildman–Crippen MR) is 146 cm³/mol. The molecule has 0 saturated carbocycles. The van der Waals surface area contributed by atoms with E-state index in [0.29, 0.717) is 45.2 Å². The van der Waals surface area contributed by atoms with Gasteiger partial charge in [0, 0.05) is 30.0 Å². The van der Waals surface area contributed by atoms with E-state index in [1.165, 1.54) is 36.9 Å². The first-order chi connectivity index (χ1) is 19.3. The zero-order chi connectivity index (χ0) is 28.0. The molecule has 6 rings (SSSR count). The second-order valence-corrected chi connectivity index (χ2v) is 10.3. The number of halogens is 1. The van der Waals surface area contributed by atoms with E-state index in [2.05, 4.69) is 19.9 Å². The SMILES string of the molecule is COc1cnc2c(-c3nc4cc(F)c5c(c4s3)CC(CN(C(=O)O)c3cnc(CCO)nc3)O5)cc(C)cc2n1. The summed E-state index contributed by atoms with van der Waals surface area (Å²) in [5.74, 6) is 0.350. The van der Waals surface area contributed by atoms with Gasteiger partial charge in [-0.05, 0) is 24.6 Å². The van der Waals surface area contributed by atoms with E-state index in [-0.39, 0.29) is 31.0 Å². The minimum absolute atomic E-state index is 0.0563. The summed E-state index contributed by atoms with van der Waals surface area (Å²) < 4.78 is 27.1. The molecule has 5 aromatic rings. The second kappa shape index (κ2) is 10.2. The summed E-state index contributed by atoms with van der Waals surface area (Å²) in [4.78, 5) is 35.1. The lowest BCUT2D eigenvalue weighted by atomic mass is 10.1. The molecule has 0 radical (unpaired) electrons. The normalized spacial score (nSPS) is 14.3. The highest BCUT2D eigenvalue weighted by atomic mass is 32.1. The van der Waals surface area contributed by atoms with Crippen molar-refractivity contribution in [2.75, 3.05) is 25.2 Å². The number of hydrogen-bond donors (Lipinski definition) is 2. The van der Waals surface area contributed by atoms with Crippen molar-refractivity contribution in [1.29, 1.82) is 0 Å². The first-order valence-electron chi connectivity index (χ1n) is 12.4. The van der Waals surface area contributed by atoms with Gasteiger partial charge in [0.1, 0.15) is 16.9 Å². The summed E-state index contributed by atoms with van der Waals surface area (Å²) in [5.41, 5.74) is 4.44. The Hall–Kier alpha value is -4.49. The molecule has 0 fully saturated rings. The fraction of sp³-hybridized carbons (Fsp3) is 0.259. The lowest BCUT2D eigenvalue weighted by molar-refractivity contribution is 0.190. The summed E-state index contributed by atoms with van der Waals surface area (Å²) >= 11 is 1.40. The molecule has 2 N–H and O–H groups in total. The largest absolute Gasteiger partial charge is 0.485 e. The number of aliphatic hydroxyl groups excluding tert-OH is 1. The predicted octanol–water partition coefficient (Wildman–Crippen LogP) is 4.18. The van der Waals surface area contributed by atoms with E-state index in [1.807, 2.05) is 19.1 Å². The molecule has 0 aliphatic carbocycles. The van der Waals surface area contributed by atoms with E-state index in [4.69, 9.17) is 19.6 Å². The van der Waals surface area contributed by atoms with E-state index >= 15 is 4.39 Å². The lowest BCUT2D eigenvalue weighted by Crippen LogP contribution is -2.38. The van der Waals surface area contributed by atoms with Crippen LogP contribution >= 0.6 is 11.3 Å². The number of aryl methyl sites for hydroxylation is 1. The van der Waals surface area contributed by atoms with Crippen molar-refractivity contribution >= 4 is 44.4 Å². The zero-order valence-corrected chi connectivity index (χ0v) is 22.3. The number of thiazole rings is 1. The summed E-state index contributed by atoms with van der Waals surface area (Å²) in [6.45, 7) is 1.78. The Morgan fingerprint density at radius 1 is 1.18 bits per heavy atom. The number of carboxylic acid groups (broad SMARTS) is 1. The van der Waals surface area contributed by atoms with E-state index in [1.54, 1.807) is 6.20 Å². The Morgan fingerprint density at radius 2 is 1.98 bits per heavy atom. The van der Waals surface area contributed by atoms with Gasteiger partial charge in [0.2, 0.25) is 5.88 Å². The van der Waals surface area contributed by atoms with Crippen LogP contribution in [-0.4, -0.2) is 67.6 Å². The summed E-state index contributed by atoms with van der Waals surface area (Å²) in [6.07, 6.45) is 3.02. The van der Waals surface area contributed by atoms with Gasteiger partial charge in [-0.1, -0.05) is 0 Å². The molecule has 1 atom stereocenters.